The first-order chi connectivity index (χ1) is 11.3. The summed E-state index contributed by atoms with van der Waals surface area (Å²) in [5.74, 6) is -1.50. The average molecular weight is 357 g/mol. The number of halogens is 2. The van der Waals surface area contributed by atoms with Gasteiger partial charge in [-0.25, -0.2) is 21.9 Å². The van der Waals surface area contributed by atoms with E-state index in [1.54, 1.807) is 12.3 Å². The highest BCUT2D eigenvalue weighted by Gasteiger charge is 2.18. The number of nitrogens with one attached hydrogen (secondary N) is 2. The first-order valence-corrected chi connectivity index (χ1v) is 8.46. The molecule has 0 aliphatic heterocycles. The number of aromatic nitrogens is 2. The van der Waals surface area contributed by atoms with E-state index in [4.69, 9.17) is 0 Å². The number of benzene rings is 1. The quantitative estimate of drug-likeness (QED) is 0.725. The molecule has 1 heterocycles. The monoisotopic (exact) mass is 357 g/mol. The zero-order valence-corrected chi connectivity index (χ0v) is 13.9. The second-order valence-corrected chi connectivity index (χ2v) is 6.83. The lowest BCUT2D eigenvalue weighted by molar-refractivity contribution is 0.543. The SMILES string of the molecule is CN(C)c1cnnc(NCCNS(=O)(=O)c2ccc(F)cc2F)c1. The molecule has 2 N–H and O–H groups in total. The number of sulfonamides is 1. The van der Waals surface area contributed by atoms with Crippen LogP contribution in [0.3, 0.4) is 0 Å². The fourth-order valence-corrected chi connectivity index (χ4v) is 2.92. The van der Waals surface area contributed by atoms with Crippen molar-refractivity contribution in [2.75, 3.05) is 37.4 Å². The van der Waals surface area contributed by atoms with Gasteiger partial charge in [0.2, 0.25) is 10.0 Å². The third kappa shape index (κ3) is 4.59. The van der Waals surface area contributed by atoms with E-state index in [-0.39, 0.29) is 13.1 Å². The minimum absolute atomic E-state index is 0.00692. The van der Waals surface area contributed by atoms with Crippen LogP contribution < -0.4 is 14.9 Å². The maximum absolute atomic E-state index is 13.5. The Morgan fingerprint density at radius 2 is 1.92 bits per heavy atom. The van der Waals surface area contributed by atoms with Crippen LogP contribution in [0, 0.1) is 11.6 Å². The molecule has 0 aliphatic rings. The van der Waals surface area contributed by atoms with E-state index < -0.39 is 26.6 Å². The predicted molar refractivity (Wildman–Crippen MR) is 86.4 cm³/mol. The molecule has 0 spiro atoms. The van der Waals surface area contributed by atoms with E-state index in [2.05, 4.69) is 20.2 Å². The van der Waals surface area contributed by atoms with Gasteiger partial charge in [-0.2, -0.15) is 5.10 Å². The Bertz CT molecular complexity index is 815. The molecule has 1 aromatic heterocycles. The highest BCUT2D eigenvalue weighted by molar-refractivity contribution is 7.89. The van der Waals surface area contributed by atoms with Crippen LogP contribution in [0.25, 0.3) is 0 Å². The molecule has 2 rings (SSSR count). The Morgan fingerprint density at radius 1 is 1.17 bits per heavy atom. The van der Waals surface area contributed by atoms with Crippen LogP contribution in [0.4, 0.5) is 20.3 Å². The Morgan fingerprint density at radius 3 is 2.58 bits per heavy atom. The molecule has 0 aliphatic carbocycles. The third-order valence-corrected chi connectivity index (χ3v) is 4.56. The maximum atomic E-state index is 13.5. The van der Waals surface area contributed by atoms with Crippen LogP contribution >= 0.6 is 0 Å². The lowest BCUT2D eigenvalue weighted by Crippen LogP contribution is -2.29. The van der Waals surface area contributed by atoms with Crippen molar-refractivity contribution < 1.29 is 17.2 Å². The van der Waals surface area contributed by atoms with Crippen LogP contribution in [-0.2, 0) is 10.0 Å². The summed E-state index contributed by atoms with van der Waals surface area (Å²) in [7, 11) is -0.353. The van der Waals surface area contributed by atoms with Gasteiger partial charge >= 0.3 is 0 Å². The first kappa shape index (κ1) is 18.0. The number of anilines is 2. The number of hydrogen-bond donors (Lipinski definition) is 2. The number of rotatable bonds is 7. The molecule has 0 saturated carbocycles. The van der Waals surface area contributed by atoms with Gasteiger partial charge in [-0.1, -0.05) is 0 Å². The Hall–Kier alpha value is -2.33. The summed E-state index contributed by atoms with van der Waals surface area (Å²) < 4.78 is 52.6. The second-order valence-electron chi connectivity index (χ2n) is 5.09. The molecule has 0 saturated heterocycles. The summed E-state index contributed by atoms with van der Waals surface area (Å²) >= 11 is 0. The Balaban J connectivity index is 1.93. The predicted octanol–water partition coefficient (Wildman–Crippen LogP) is 1.21. The molecule has 0 unspecified atom stereocenters. The first-order valence-electron chi connectivity index (χ1n) is 6.98. The van der Waals surface area contributed by atoms with E-state index in [9.17, 15) is 17.2 Å². The molecule has 0 amide bonds. The molecule has 0 bridgehead atoms. The summed E-state index contributed by atoms with van der Waals surface area (Å²) in [5, 5.41) is 10.6. The van der Waals surface area contributed by atoms with Gasteiger partial charge in [0.05, 0.1) is 11.9 Å². The maximum Gasteiger partial charge on any atom is 0.243 e. The average Bonchev–Trinajstić information content (AvgIpc) is 2.51. The van der Waals surface area contributed by atoms with Crippen molar-refractivity contribution >= 4 is 21.5 Å². The summed E-state index contributed by atoms with van der Waals surface area (Å²) in [6.45, 7) is 0.209. The van der Waals surface area contributed by atoms with E-state index in [0.717, 1.165) is 17.8 Å². The number of nitrogens with zero attached hydrogens (tertiary/aromatic N) is 3. The van der Waals surface area contributed by atoms with Crippen molar-refractivity contribution in [1.29, 1.82) is 0 Å². The van der Waals surface area contributed by atoms with Crippen LogP contribution in [0.5, 0.6) is 0 Å². The summed E-state index contributed by atoms with van der Waals surface area (Å²) in [4.78, 5) is 1.25. The molecule has 0 radical (unpaired) electrons. The van der Waals surface area contributed by atoms with Gasteiger partial charge < -0.3 is 10.2 Å². The van der Waals surface area contributed by atoms with Crippen molar-refractivity contribution in [2.45, 2.75) is 4.90 Å². The molecule has 0 fully saturated rings. The van der Waals surface area contributed by atoms with Crippen molar-refractivity contribution in [3.05, 3.63) is 42.1 Å². The van der Waals surface area contributed by atoms with Crippen LogP contribution in [-0.4, -0.2) is 45.8 Å². The van der Waals surface area contributed by atoms with E-state index >= 15 is 0 Å². The smallest absolute Gasteiger partial charge is 0.243 e. The lowest BCUT2D eigenvalue weighted by atomic mass is 10.3. The fourth-order valence-electron chi connectivity index (χ4n) is 1.83. The minimum atomic E-state index is -4.06. The number of hydrogen-bond acceptors (Lipinski definition) is 6. The molecule has 24 heavy (non-hydrogen) atoms. The zero-order chi connectivity index (χ0) is 17.7. The summed E-state index contributed by atoms with van der Waals surface area (Å²) in [6.07, 6.45) is 1.59. The van der Waals surface area contributed by atoms with Gasteiger partial charge in [0.15, 0.2) is 5.82 Å². The molecular formula is C14H17F2N5O2S. The normalized spacial score (nSPS) is 11.3. The van der Waals surface area contributed by atoms with E-state index in [0.29, 0.717) is 11.9 Å². The third-order valence-electron chi connectivity index (χ3n) is 3.06. The second kappa shape index (κ2) is 7.49. The lowest BCUT2D eigenvalue weighted by Gasteiger charge is -2.13. The molecule has 130 valence electrons. The fraction of sp³-hybridized carbons (Fsp3) is 0.286. The van der Waals surface area contributed by atoms with Crippen molar-refractivity contribution in [3.8, 4) is 0 Å². The molecule has 10 heteroatoms. The van der Waals surface area contributed by atoms with E-state index in [1.165, 1.54) is 0 Å². The molecule has 1 aromatic carbocycles. The highest BCUT2D eigenvalue weighted by atomic mass is 32.2. The molecule has 0 atom stereocenters. The molecule has 2 aromatic rings. The zero-order valence-electron chi connectivity index (χ0n) is 13.1. The molecule has 7 nitrogen and oxygen atoms in total. The Labute approximate surface area is 138 Å². The largest absolute Gasteiger partial charge is 0.376 e. The highest BCUT2D eigenvalue weighted by Crippen LogP contribution is 2.15. The Kier molecular flexibility index (Phi) is 5.62. The van der Waals surface area contributed by atoms with Crippen LogP contribution in [0.2, 0.25) is 0 Å². The standard InChI is InChI=1S/C14H17F2N5O2S/c1-21(2)11-8-14(20-18-9-11)17-5-6-19-24(22,23)13-4-3-10(15)7-12(13)16/h3-4,7-9,19H,5-6H2,1-2H3,(H,17,20). The van der Waals surface area contributed by atoms with Gasteiger partial charge in [0.25, 0.3) is 0 Å². The summed E-state index contributed by atoms with van der Waals surface area (Å²) in [5.41, 5.74) is 0.835. The van der Waals surface area contributed by atoms with Gasteiger partial charge in [0, 0.05) is 39.3 Å². The van der Waals surface area contributed by atoms with Gasteiger partial charge in [-0.3, -0.25) is 0 Å². The molecular weight excluding hydrogens is 340 g/mol. The van der Waals surface area contributed by atoms with Gasteiger partial charge in [0.1, 0.15) is 16.5 Å². The van der Waals surface area contributed by atoms with Crippen molar-refractivity contribution in [3.63, 3.8) is 0 Å². The van der Waals surface area contributed by atoms with Crippen molar-refractivity contribution in [2.24, 2.45) is 0 Å². The van der Waals surface area contributed by atoms with Crippen molar-refractivity contribution in [1.82, 2.24) is 14.9 Å². The van der Waals surface area contributed by atoms with Crippen LogP contribution in [0.1, 0.15) is 0 Å². The van der Waals surface area contributed by atoms with Gasteiger partial charge in [-0.15, -0.1) is 5.10 Å². The topological polar surface area (TPSA) is 87.2 Å². The van der Waals surface area contributed by atoms with Gasteiger partial charge in [-0.05, 0) is 12.1 Å². The van der Waals surface area contributed by atoms with E-state index in [1.807, 2.05) is 19.0 Å². The van der Waals surface area contributed by atoms with Crippen LogP contribution in [0.15, 0.2) is 35.4 Å². The minimum Gasteiger partial charge on any atom is -0.376 e. The summed E-state index contributed by atoms with van der Waals surface area (Å²) in [6, 6.07) is 4.04.